The van der Waals surface area contributed by atoms with Gasteiger partial charge >= 0.3 is 0 Å². The van der Waals surface area contributed by atoms with Crippen LogP contribution >= 0.6 is 0 Å². The van der Waals surface area contributed by atoms with E-state index < -0.39 is 0 Å². The first kappa shape index (κ1) is 16.0. The van der Waals surface area contributed by atoms with E-state index in [1.807, 2.05) is 53.2 Å². The third-order valence-corrected chi connectivity index (χ3v) is 4.33. The van der Waals surface area contributed by atoms with Gasteiger partial charge in [-0.2, -0.15) is 10.2 Å². The standard InChI is InChI=1S/C18H22N6O/c1-23-11-14(9-21-23)8-19-10-17-18-15(5-7-25-17)12-24(22-18)13-16-4-2-3-6-20-16/h2-4,6,9,11-12,17,19H,5,7-8,10,13H2,1H3/t17-/m1/s1. The SMILES string of the molecule is Cn1cc(CNC[C@H]2OCCc3cn(Cc4ccccn4)nc32)cn1. The molecule has 1 atom stereocenters. The summed E-state index contributed by atoms with van der Waals surface area (Å²) in [6.45, 7) is 2.94. The van der Waals surface area contributed by atoms with E-state index in [9.17, 15) is 0 Å². The third-order valence-electron chi connectivity index (χ3n) is 4.33. The molecule has 3 aromatic rings. The fourth-order valence-electron chi connectivity index (χ4n) is 3.14. The lowest BCUT2D eigenvalue weighted by molar-refractivity contribution is 0.0393. The molecule has 0 fully saturated rings. The van der Waals surface area contributed by atoms with Crippen molar-refractivity contribution in [1.82, 2.24) is 29.9 Å². The molecule has 7 nitrogen and oxygen atoms in total. The lowest BCUT2D eigenvalue weighted by atomic mass is 10.1. The molecule has 25 heavy (non-hydrogen) atoms. The molecule has 4 heterocycles. The van der Waals surface area contributed by atoms with E-state index in [1.54, 1.807) is 0 Å². The van der Waals surface area contributed by atoms with Crippen LogP contribution in [0.1, 0.15) is 28.6 Å². The van der Waals surface area contributed by atoms with Crippen LogP contribution in [0.3, 0.4) is 0 Å². The first-order chi connectivity index (χ1) is 12.3. The van der Waals surface area contributed by atoms with Gasteiger partial charge in [0.1, 0.15) is 6.10 Å². The highest BCUT2D eigenvalue weighted by Crippen LogP contribution is 2.25. The second-order valence-electron chi connectivity index (χ2n) is 6.32. The van der Waals surface area contributed by atoms with Crippen molar-refractivity contribution in [3.63, 3.8) is 0 Å². The predicted molar refractivity (Wildman–Crippen MR) is 92.9 cm³/mol. The third kappa shape index (κ3) is 3.78. The maximum absolute atomic E-state index is 5.94. The molecule has 0 saturated carbocycles. The van der Waals surface area contributed by atoms with Crippen molar-refractivity contribution in [3.8, 4) is 0 Å². The molecule has 1 aliphatic heterocycles. The van der Waals surface area contributed by atoms with Crippen molar-refractivity contribution in [2.24, 2.45) is 7.05 Å². The van der Waals surface area contributed by atoms with E-state index in [2.05, 4.69) is 21.6 Å². The molecule has 0 spiro atoms. The minimum absolute atomic E-state index is 0.00889. The average molecular weight is 338 g/mol. The zero-order valence-corrected chi connectivity index (χ0v) is 14.3. The number of nitrogens with zero attached hydrogens (tertiary/aromatic N) is 5. The van der Waals surface area contributed by atoms with Crippen molar-refractivity contribution < 1.29 is 4.74 Å². The zero-order valence-electron chi connectivity index (χ0n) is 14.3. The normalized spacial score (nSPS) is 16.8. The van der Waals surface area contributed by atoms with Crippen LogP contribution in [0.5, 0.6) is 0 Å². The Balaban J connectivity index is 1.40. The van der Waals surface area contributed by atoms with Crippen molar-refractivity contribution in [1.29, 1.82) is 0 Å². The van der Waals surface area contributed by atoms with Crippen LogP contribution in [0.15, 0.2) is 43.0 Å². The molecule has 0 saturated heterocycles. The summed E-state index contributed by atoms with van der Waals surface area (Å²) < 4.78 is 9.72. The molecular weight excluding hydrogens is 316 g/mol. The van der Waals surface area contributed by atoms with Gasteiger partial charge in [0, 0.05) is 44.3 Å². The molecule has 0 amide bonds. The van der Waals surface area contributed by atoms with E-state index in [0.717, 1.165) is 37.5 Å². The Morgan fingerprint density at radius 3 is 3.08 bits per heavy atom. The van der Waals surface area contributed by atoms with Crippen LogP contribution in [0.2, 0.25) is 0 Å². The summed E-state index contributed by atoms with van der Waals surface area (Å²) in [5.41, 5.74) is 4.49. The molecule has 1 N–H and O–H groups in total. The molecule has 0 aromatic carbocycles. The fourth-order valence-corrected chi connectivity index (χ4v) is 3.14. The second kappa shape index (κ2) is 7.16. The summed E-state index contributed by atoms with van der Waals surface area (Å²) in [7, 11) is 1.92. The van der Waals surface area contributed by atoms with Crippen LogP contribution in [-0.2, 0) is 31.3 Å². The van der Waals surface area contributed by atoms with Crippen molar-refractivity contribution in [2.45, 2.75) is 25.6 Å². The fraction of sp³-hybridized carbons (Fsp3) is 0.389. The Morgan fingerprint density at radius 2 is 2.28 bits per heavy atom. The quantitative estimate of drug-likeness (QED) is 0.737. The minimum atomic E-state index is -0.00889. The zero-order chi connectivity index (χ0) is 17.1. The monoisotopic (exact) mass is 338 g/mol. The number of ether oxygens (including phenoxy) is 1. The van der Waals surface area contributed by atoms with Crippen LogP contribution in [0.4, 0.5) is 0 Å². The number of pyridine rings is 1. The van der Waals surface area contributed by atoms with Crippen LogP contribution < -0.4 is 5.32 Å². The molecule has 1 aliphatic rings. The van der Waals surface area contributed by atoms with Crippen molar-refractivity contribution >= 4 is 0 Å². The van der Waals surface area contributed by atoms with Crippen LogP contribution in [-0.4, -0.2) is 37.7 Å². The number of hydrogen-bond acceptors (Lipinski definition) is 5. The summed E-state index contributed by atoms with van der Waals surface area (Å²) in [6.07, 6.45) is 8.73. The van der Waals surface area contributed by atoms with Gasteiger partial charge in [-0.05, 0) is 24.1 Å². The molecule has 3 aromatic heterocycles. The number of aryl methyl sites for hydroxylation is 1. The van der Waals surface area contributed by atoms with E-state index in [4.69, 9.17) is 9.84 Å². The minimum Gasteiger partial charge on any atom is -0.370 e. The maximum atomic E-state index is 5.94. The van der Waals surface area contributed by atoms with Crippen LogP contribution in [0, 0.1) is 0 Å². The Hall–Kier alpha value is -2.51. The number of nitrogens with one attached hydrogen (secondary N) is 1. The molecule has 0 bridgehead atoms. The van der Waals surface area contributed by atoms with E-state index in [0.29, 0.717) is 6.54 Å². The molecule has 0 radical (unpaired) electrons. The molecule has 0 unspecified atom stereocenters. The van der Waals surface area contributed by atoms with Gasteiger partial charge in [-0.25, -0.2) is 0 Å². The van der Waals surface area contributed by atoms with Gasteiger partial charge in [0.05, 0.1) is 30.7 Å². The Bertz CT molecular complexity index is 825. The topological polar surface area (TPSA) is 69.8 Å². The van der Waals surface area contributed by atoms with Crippen molar-refractivity contribution in [2.75, 3.05) is 13.2 Å². The Kier molecular flexibility index (Phi) is 4.58. The van der Waals surface area contributed by atoms with E-state index in [1.165, 1.54) is 11.1 Å². The summed E-state index contributed by atoms with van der Waals surface area (Å²) >= 11 is 0. The lowest BCUT2D eigenvalue weighted by Crippen LogP contribution is -2.27. The highest BCUT2D eigenvalue weighted by atomic mass is 16.5. The molecular formula is C18H22N6O. The number of hydrogen-bond donors (Lipinski definition) is 1. The summed E-state index contributed by atoms with van der Waals surface area (Å²) in [6, 6.07) is 5.94. The first-order valence-corrected chi connectivity index (χ1v) is 8.54. The number of fused-ring (bicyclic) bond motifs is 1. The van der Waals surface area contributed by atoms with Crippen molar-refractivity contribution in [3.05, 3.63) is 65.5 Å². The Labute approximate surface area is 146 Å². The van der Waals surface area contributed by atoms with Gasteiger partial charge in [0.25, 0.3) is 0 Å². The van der Waals surface area contributed by atoms with Gasteiger partial charge < -0.3 is 10.1 Å². The highest BCUT2D eigenvalue weighted by Gasteiger charge is 2.24. The van der Waals surface area contributed by atoms with Gasteiger partial charge in [0.2, 0.25) is 0 Å². The van der Waals surface area contributed by atoms with E-state index in [-0.39, 0.29) is 6.10 Å². The maximum Gasteiger partial charge on any atom is 0.114 e. The number of rotatable bonds is 6. The smallest absolute Gasteiger partial charge is 0.114 e. The largest absolute Gasteiger partial charge is 0.370 e. The van der Waals surface area contributed by atoms with Gasteiger partial charge in [-0.1, -0.05) is 6.07 Å². The lowest BCUT2D eigenvalue weighted by Gasteiger charge is -2.22. The second-order valence-corrected chi connectivity index (χ2v) is 6.32. The number of aromatic nitrogens is 5. The first-order valence-electron chi connectivity index (χ1n) is 8.54. The molecule has 130 valence electrons. The summed E-state index contributed by atoms with van der Waals surface area (Å²) in [4.78, 5) is 4.37. The van der Waals surface area contributed by atoms with Gasteiger partial charge in [0.15, 0.2) is 0 Å². The molecule has 4 rings (SSSR count). The molecule has 0 aliphatic carbocycles. The molecule has 7 heteroatoms. The Morgan fingerprint density at radius 1 is 1.32 bits per heavy atom. The van der Waals surface area contributed by atoms with Gasteiger partial charge in [-0.3, -0.25) is 14.3 Å². The summed E-state index contributed by atoms with van der Waals surface area (Å²) in [5, 5.41) is 12.4. The van der Waals surface area contributed by atoms with Gasteiger partial charge in [-0.15, -0.1) is 0 Å². The predicted octanol–water partition coefficient (Wildman–Crippen LogP) is 1.46. The van der Waals surface area contributed by atoms with Crippen LogP contribution in [0.25, 0.3) is 0 Å². The highest BCUT2D eigenvalue weighted by molar-refractivity contribution is 5.23. The van der Waals surface area contributed by atoms with E-state index >= 15 is 0 Å². The average Bonchev–Trinajstić information content (AvgIpc) is 3.22. The summed E-state index contributed by atoms with van der Waals surface area (Å²) in [5.74, 6) is 0.